The van der Waals surface area contributed by atoms with Crippen LogP contribution in [-0.4, -0.2) is 24.8 Å². The van der Waals surface area contributed by atoms with Gasteiger partial charge in [0.2, 0.25) is 0 Å². The predicted octanol–water partition coefficient (Wildman–Crippen LogP) is 3.73. The Morgan fingerprint density at radius 3 is 2.62 bits per heavy atom. The van der Waals surface area contributed by atoms with E-state index in [0.29, 0.717) is 5.92 Å². The van der Waals surface area contributed by atoms with Crippen LogP contribution in [0, 0.1) is 11.3 Å². The standard InChI is InChI=1S/C19H29NO/c1-19(2,15-21)18(17-11-7-4-8-12-17)14-20-13-16-9-5-3-6-10-16/h3-5,7-8,11-12,16,18,20-21H,6,9-10,13-15H2,1-2H3. The lowest BCUT2D eigenvalue weighted by Crippen LogP contribution is -2.36. The van der Waals surface area contributed by atoms with Gasteiger partial charge in [-0.25, -0.2) is 0 Å². The molecular formula is C19H29NO. The van der Waals surface area contributed by atoms with Crippen LogP contribution in [0.4, 0.5) is 0 Å². The van der Waals surface area contributed by atoms with Gasteiger partial charge in [-0.05, 0) is 42.7 Å². The number of hydrogen-bond donors (Lipinski definition) is 2. The number of hydrogen-bond acceptors (Lipinski definition) is 2. The van der Waals surface area contributed by atoms with Crippen molar-refractivity contribution in [3.05, 3.63) is 48.0 Å². The summed E-state index contributed by atoms with van der Waals surface area (Å²) in [4.78, 5) is 0. The van der Waals surface area contributed by atoms with E-state index in [9.17, 15) is 5.11 Å². The second kappa shape index (κ2) is 7.77. The first-order chi connectivity index (χ1) is 10.1. The van der Waals surface area contributed by atoms with Crippen molar-refractivity contribution in [2.75, 3.05) is 19.7 Å². The summed E-state index contributed by atoms with van der Waals surface area (Å²) in [6.45, 7) is 6.51. The third-order valence-electron chi connectivity index (χ3n) is 4.71. The zero-order chi connectivity index (χ0) is 15.1. The molecule has 0 bridgehead atoms. The summed E-state index contributed by atoms with van der Waals surface area (Å²) in [6.07, 6.45) is 8.31. The monoisotopic (exact) mass is 287 g/mol. The molecule has 116 valence electrons. The average molecular weight is 287 g/mol. The largest absolute Gasteiger partial charge is 0.396 e. The molecule has 1 aliphatic rings. The van der Waals surface area contributed by atoms with Crippen molar-refractivity contribution in [2.45, 2.75) is 39.0 Å². The Morgan fingerprint density at radius 1 is 1.24 bits per heavy atom. The molecule has 2 unspecified atom stereocenters. The molecule has 0 spiro atoms. The molecule has 1 aliphatic carbocycles. The van der Waals surface area contributed by atoms with Gasteiger partial charge in [0.25, 0.3) is 0 Å². The maximum absolute atomic E-state index is 9.74. The average Bonchev–Trinajstić information content (AvgIpc) is 2.53. The molecule has 1 aromatic rings. The topological polar surface area (TPSA) is 32.3 Å². The molecule has 2 atom stereocenters. The van der Waals surface area contributed by atoms with Crippen LogP contribution in [0.2, 0.25) is 0 Å². The molecule has 0 aliphatic heterocycles. The summed E-state index contributed by atoms with van der Waals surface area (Å²) in [5.41, 5.74) is 1.20. The second-order valence-corrected chi connectivity index (χ2v) is 6.92. The maximum Gasteiger partial charge on any atom is 0.0488 e. The smallest absolute Gasteiger partial charge is 0.0488 e. The third-order valence-corrected chi connectivity index (χ3v) is 4.71. The van der Waals surface area contributed by atoms with Crippen molar-refractivity contribution in [3.8, 4) is 0 Å². The van der Waals surface area contributed by atoms with E-state index < -0.39 is 0 Å². The Hall–Kier alpha value is -1.12. The summed E-state index contributed by atoms with van der Waals surface area (Å²) in [5, 5.41) is 13.4. The first-order valence-electron chi connectivity index (χ1n) is 8.15. The Balaban J connectivity index is 1.95. The van der Waals surface area contributed by atoms with Gasteiger partial charge in [-0.15, -0.1) is 0 Å². The number of aliphatic hydroxyl groups excluding tert-OH is 1. The van der Waals surface area contributed by atoms with E-state index in [1.165, 1.54) is 24.8 Å². The number of rotatable bonds is 7. The fraction of sp³-hybridized carbons (Fsp3) is 0.579. The van der Waals surface area contributed by atoms with Gasteiger partial charge in [-0.2, -0.15) is 0 Å². The summed E-state index contributed by atoms with van der Waals surface area (Å²) in [6, 6.07) is 10.6. The maximum atomic E-state index is 9.74. The van der Waals surface area contributed by atoms with E-state index in [0.717, 1.165) is 19.0 Å². The van der Waals surface area contributed by atoms with Crippen molar-refractivity contribution < 1.29 is 5.11 Å². The fourth-order valence-corrected chi connectivity index (χ4v) is 3.11. The van der Waals surface area contributed by atoms with Gasteiger partial charge in [0.15, 0.2) is 0 Å². The number of benzene rings is 1. The molecular weight excluding hydrogens is 258 g/mol. The zero-order valence-corrected chi connectivity index (χ0v) is 13.4. The summed E-state index contributed by atoms with van der Waals surface area (Å²) < 4.78 is 0. The van der Waals surface area contributed by atoms with Gasteiger partial charge in [-0.1, -0.05) is 56.3 Å². The fourth-order valence-electron chi connectivity index (χ4n) is 3.11. The van der Waals surface area contributed by atoms with Crippen LogP contribution >= 0.6 is 0 Å². The molecule has 2 heteroatoms. The first kappa shape index (κ1) is 16.3. The Bertz CT molecular complexity index is 438. The Morgan fingerprint density at radius 2 is 2.00 bits per heavy atom. The lowest BCUT2D eigenvalue weighted by molar-refractivity contribution is 0.128. The molecule has 2 rings (SSSR count). The van der Waals surface area contributed by atoms with E-state index in [-0.39, 0.29) is 12.0 Å². The van der Waals surface area contributed by atoms with Gasteiger partial charge < -0.3 is 10.4 Å². The lowest BCUT2D eigenvalue weighted by Gasteiger charge is -2.34. The highest BCUT2D eigenvalue weighted by Gasteiger charge is 2.30. The van der Waals surface area contributed by atoms with Crippen LogP contribution < -0.4 is 5.32 Å². The molecule has 0 fully saturated rings. The van der Waals surface area contributed by atoms with Crippen LogP contribution in [0.3, 0.4) is 0 Å². The normalized spacial score (nSPS) is 20.4. The number of nitrogens with one attached hydrogen (secondary N) is 1. The van der Waals surface area contributed by atoms with Crippen LogP contribution in [-0.2, 0) is 0 Å². The summed E-state index contributed by atoms with van der Waals surface area (Å²) in [5.74, 6) is 1.10. The summed E-state index contributed by atoms with van der Waals surface area (Å²) >= 11 is 0. The predicted molar refractivity (Wildman–Crippen MR) is 89.4 cm³/mol. The van der Waals surface area contributed by atoms with Crippen molar-refractivity contribution >= 4 is 0 Å². The highest BCUT2D eigenvalue weighted by molar-refractivity contribution is 5.22. The van der Waals surface area contributed by atoms with Gasteiger partial charge >= 0.3 is 0 Å². The van der Waals surface area contributed by atoms with Crippen LogP contribution in [0.25, 0.3) is 0 Å². The quantitative estimate of drug-likeness (QED) is 0.749. The van der Waals surface area contributed by atoms with Crippen LogP contribution in [0.5, 0.6) is 0 Å². The van der Waals surface area contributed by atoms with E-state index in [1.807, 2.05) is 6.07 Å². The summed E-state index contributed by atoms with van der Waals surface area (Å²) in [7, 11) is 0. The van der Waals surface area contributed by atoms with Crippen molar-refractivity contribution in [3.63, 3.8) is 0 Å². The zero-order valence-electron chi connectivity index (χ0n) is 13.4. The van der Waals surface area contributed by atoms with E-state index in [2.05, 4.69) is 55.6 Å². The van der Waals surface area contributed by atoms with Gasteiger partial charge in [0.1, 0.15) is 0 Å². The number of aliphatic hydroxyl groups is 1. The first-order valence-corrected chi connectivity index (χ1v) is 8.15. The second-order valence-electron chi connectivity index (χ2n) is 6.92. The molecule has 2 nitrogen and oxygen atoms in total. The molecule has 2 N–H and O–H groups in total. The molecule has 0 aromatic heterocycles. The van der Waals surface area contributed by atoms with E-state index in [1.54, 1.807) is 0 Å². The Kier molecular flexibility index (Phi) is 6.01. The van der Waals surface area contributed by atoms with Gasteiger partial charge in [0.05, 0.1) is 0 Å². The highest BCUT2D eigenvalue weighted by Crippen LogP contribution is 2.34. The third kappa shape index (κ3) is 4.69. The minimum absolute atomic E-state index is 0.110. The van der Waals surface area contributed by atoms with Gasteiger partial charge in [-0.3, -0.25) is 0 Å². The van der Waals surface area contributed by atoms with E-state index in [4.69, 9.17) is 0 Å². The molecule has 1 aromatic carbocycles. The Labute approximate surface area is 129 Å². The molecule has 0 saturated heterocycles. The SMILES string of the molecule is CC(C)(CO)C(CNCC1CC=CCC1)c1ccccc1. The molecule has 21 heavy (non-hydrogen) atoms. The minimum atomic E-state index is -0.110. The van der Waals surface area contributed by atoms with Crippen LogP contribution in [0.15, 0.2) is 42.5 Å². The van der Waals surface area contributed by atoms with Crippen molar-refractivity contribution in [1.82, 2.24) is 5.32 Å². The molecule has 0 amide bonds. The lowest BCUT2D eigenvalue weighted by atomic mass is 9.75. The molecule has 0 heterocycles. The molecule has 0 saturated carbocycles. The van der Waals surface area contributed by atoms with Gasteiger partial charge in [0, 0.05) is 19.1 Å². The number of allylic oxidation sites excluding steroid dienone is 2. The van der Waals surface area contributed by atoms with Crippen molar-refractivity contribution in [1.29, 1.82) is 0 Å². The van der Waals surface area contributed by atoms with E-state index >= 15 is 0 Å². The van der Waals surface area contributed by atoms with Crippen LogP contribution in [0.1, 0.15) is 44.6 Å². The highest BCUT2D eigenvalue weighted by atomic mass is 16.3. The van der Waals surface area contributed by atoms with Crippen molar-refractivity contribution in [2.24, 2.45) is 11.3 Å². The minimum Gasteiger partial charge on any atom is -0.396 e. The molecule has 0 radical (unpaired) electrons.